The predicted octanol–water partition coefficient (Wildman–Crippen LogP) is 5.40. The zero-order valence-electron chi connectivity index (χ0n) is 16.7. The summed E-state index contributed by atoms with van der Waals surface area (Å²) in [5.41, 5.74) is 2.54. The van der Waals surface area contributed by atoms with Gasteiger partial charge in [-0.05, 0) is 53.7 Å². The normalized spacial score (nSPS) is 15.1. The van der Waals surface area contributed by atoms with E-state index in [1.807, 2.05) is 24.3 Å². The SMILES string of the molecule is COC(=O)c1cc(F)c(OCc2ccc(OC)cc2)c(C2=CCCC2(C)C)c1. The number of allylic oxidation sites excluding steroid dienone is 2. The Kier molecular flexibility index (Phi) is 5.73. The van der Waals surface area contributed by atoms with Gasteiger partial charge in [0.15, 0.2) is 11.6 Å². The van der Waals surface area contributed by atoms with Crippen molar-refractivity contribution in [3.63, 3.8) is 0 Å². The molecule has 0 spiro atoms. The second-order valence-corrected chi connectivity index (χ2v) is 7.50. The molecule has 0 atom stereocenters. The van der Waals surface area contributed by atoms with Crippen molar-refractivity contribution in [1.29, 1.82) is 0 Å². The third-order valence-electron chi connectivity index (χ3n) is 5.14. The topological polar surface area (TPSA) is 44.8 Å². The molecule has 2 aromatic rings. The summed E-state index contributed by atoms with van der Waals surface area (Å²) in [4.78, 5) is 12.0. The molecule has 0 saturated carbocycles. The second-order valence-electron chi connectivity index (χ2n) is 7.50. The molecule has 0 fully saturated rings. The number of benzene rings is 2. The molecule has 1 aliphatic rings. The monoisotopic (exact) mass is 384 g/mol. The molecule has 0 unspecified atom stereocenters. The molecule has 2 aromatic carbocycles. The maximum Gasteiger partial charge on any atom is 0.337 e. The van der Waals surface area contributed by atoms with Crippen molar-refractivity contribution >= 4 is 11.5 Å². The van der Waals surface area contributed by atoms with Crippen LogP contribution in [0.5, 0.6) is 11.5 Å². The minimum Gasteiger partial charge on any atom is -0.497 e. The fourth-order valence-corrected chi connectivity index (χ4v) is 3.52. The number of halogens is 1. The van der Waals surface area contributed by atoms with E-state index in [1.165, 1.54) is 13.2 Å². The van der Waals surface area contributed by atoms with Gasteiger partial charge in [-0.2, -0.15) is 0 Å². The van der Waals surface area contributed by atoms with Gasteiger partial charge in [0, 0.05) is 5.56 Å². The molecular formula is C23H25FO4. The zero-order chi connectivity index (χ0) is 20.3. The lowest BCUT2D eigenvalue weighted by Gasteiger charge is -2.25. The molecule has 0 aliphatic heterocycles. The van der Waals surface area contributed by atoms with Crippen LogP contribution >= 0.6 is 0 Å². The third kappa shape index (κ3) is 4.03. The lowest BCUT2D eigenvalue weighted by atomic mass is 9.81. The molecule has 1 aliphatic carbocycles. The number of carbonyl (C=O) groups excluding carboxylic acids is 1. The first-order valence-corrected chi connectivity index (χ1v) is 9.24. The van der Waals surface area contributed by atoms with Crippen molar-refractivity contribution in [2.75, 3.05) is 14.2 Å². The molecule has 3 rings (SSSR count). The van der Waals surface area contributed by atoms with E-state index < -0.39 is 11.8 Å². The highest BCUT2D eigenvalue weighted by molar-refractivity contribution is 5.91. The van der Waals surface area contributed by atoms with Gasteiger partial charge in [0.1, 0.15) is 12.4 Å². The number of carbonyl (C=O) groups is 1. The fraction of sp³-hybridized carbons (Fsp3) is 0.348. The number of ether oxygens (including phenoxy) is 3. The summed E-state index contributed by atoms with van der Waals surface area (Å²) in [7, 11) is 2.89. The predicted molar refractivity (Wildman–Crippen MR) is 106 cm³/mol. The minimum atomic E-state index is -0.574. The maximum absolute atomic E-state index is 15.0. The Bertz CT molecular complexity index is 898. The van der Waals surface area contributed by atoms with E-state index in [0.717, 1.165) is 29.7 Å². The first-order chi connectivity index (χ1) is 13.4. The Hall–Kier alpha value is -2.82. The van der Waals surface area contributed by atoms with Crippen LogP contribution in [0.4, 0.5) is 4.39 Å². The van der Waals surface area contributed by atoms with E-state index in [9.17, 15) is 9.18 Å². The molecule has 148 valence electrons. The number of hydrogen-bond acceptors (Lipinski definition) is 4. The summed E-state index contributed by atoms with van der Waals surface area (Å²) in [5.74, 6) is -0.242. The molecule has 0 radical (unpaired) electrons. The van der Waals surface area contributed by atoms with Crippen LogP contribution in [-0.2, 0) is 11.3 Å². The van der Waals surface area contributed by atoms with Gasteiger partial charge < -0.3 is 14.2 Å². The quantitative estimate of drug-likeness (QED) is 0.625. The van der Waals surface area contributed by atoms with Gasteiger partial charge in [-0.15, -0.1) is 0 Å². The Balaban J connectivity index is 1.97. The van der Waals surface area contributed by atoms with Gasteiger partial charge in [-0.25, -0.2) is 9.18 Å². The van der Waals surface area contributed by atoms with Crippen LogP contribution in [0.3, 0.4) is 0 Å². The molecule has 0 aromatic heterocycles. The van der Waals surface area contributed by atoms with Gasteiger partial charge in [0.25, 0.3) is 0 Å². The third-order valence-corrected chi connectivity index (χ3v) is 5.14. The van der Waals surface area contributed by atoms with E-state index >= 15 is 0 Å². The molecule has 0 N–H and O–H groups in total. The van der Waals surface area contributed by atoms with Crippen molar-refractivity contribution in [2.24, 2.45) is 5.41 Å². The smallest absolute Gasteiger partial charge is 0.337 e. The molecule has 0 saturated heterocycles. The van der Waals surface area contributed by atoms with Crippen LogP contribution in [0.15, 0.2) is 42.5 Å². The first-order valence-electron chi connectivity index (χ1n) is 9.24. The molecule has 0 amide bonds. The van der Waals surface area contributed by atoms with E-state index in [-0.39, 0.29) is 23.3 Å². The van der Waals surface area contributed by atoms with E-state index in [4.69, 9.17) is 14.2 Å². The number of hydrogen-bond donors (Lipinski definition) is 0. The van der Waals surface area contributed by atoms with E-state index in [1.54, 1.807) is 13.2 Å². The van der Waals surface area contributed by atoms with Crippen LogP contribution in [0.25, 0.3) is 5.57 Å². The van der Waals surface area contributed by atoms with Crippen molar-refractivity contribution in [3.8, 4) is 11.5 Å². The average molecular weight is 384 g/mol. The summed E-state index contributed by atoms with van der Waals surface area (Å²) in [6.07, 6.45) is 3.96. The highest BCUT2D eigenvalue weighted by atomic mass is 19.1. The zero-order valence-corrected chi connectivity index (χ0v) is 16.7. The standard InChI is InChI=1S/C23H25FO4/c1-23(2)11-5-6-19(23)18-12-16(22(25)27-4)13-20(24)21(18)28-14-15-7-9-17(26-3)10-8-15/h6-10,12-13H,5,11,14H2,1-4H3. The van der Waals surface area contributed by atoms with Crippen LogP contribution in [0, 0.1) is 11.2 Å². The van der Waals surface area contributed by atoms with Gasteiger partial charge in [0.2, 0.25) is 0 Å². The van der Waals surface area contributed by atoms with E-state index in [2.05, 4.69) is 19.9 Å². The fourth-order valence-electron chi connectivity index (χ4n) is 3.52. The first kappa shape index (κ1) is 19.9. The van der Waals surface area contributed by atoms with Crippen LogP contribution < -0.4 is 9.47 Å². The molecule has 28 heavy (non-hydrogen) atoms. The number of rotatable bonds is 6. The van der Waals surface area contributed by atoms with Gasteiger partial charge >= 0.3 is 5.97 Å². The van der Waals surface area contributed by atoms with Crippen molar-refractivity contribution < 1.29 is 23.4 Å². The van der Waals surface area contributed by atoms with Crippen LogP contribution in [0.2, 0.25) is 0 Å². The van der Waals surface area contributed by atoms with Crippen molar-refractivity contribution in [2.45, 2.75) is 33.3 Å². The lowest BCUT2D eigenvalue weighted by Crippen LogP contribution is -2.12. The van der Waals surface area contributed by atoms with Gasteiger partial charge in [-0.3, -0.25) is 0 Å². The Morgan fingerprint density at radius 2 is 1.86 bits per heavy atom. The van der Waals surface area contributed by atoms with Crippen molar-refractivity contribution in [3.05, 3.63) is 65.0 Å². The van der Waals surface area contributed by atoms with Gasteiger partial charge in [0.05, 0.1) is 19.8 Å². The number of esters is 1. The highest BCUT2D eigenvalue weighted by Crippen LogP contribution is 2.47. The number of methoxy groups -OCH3 is 2. The van der Waals surface area contributed by atoms with Crippen molar-refractivity contribution in [1.82, 2.24) is 0 Å². The summed E-state index contributed by atoms with van der Waals surface area (Å²) in [5, 5.41) is 0. The second kappa shape index (κ2) is 8.05. The molecule has 4 nitrogen and oxygen atoms in total. The summed E-state index contributed by atoms with van der Waals surface area (Å²) < 4.78 is 30.8. The Labute approximate surface area is 164 Å². The van der Waals surface area contributed by atoms with Crippen LogP contribution in [-0.4, -0.2) is 20.2 Å². The lowest BCUT2D eigenvalue weighted by molar-refractivity contribution is 0.0600. The summed E-state index contributed by atoms with van der Waals surface area (Å²) >= 11 is 0. The Morgan fingerprint density at radius 1 is 1.14 bits per heavy atom. The molecular weight excluding hydrogens is 359 g/mol. The minimum absolute atomic E-state index is 0.126. The summed E-state index contributed by atoms with van der Waals surface area (Å²) in [6.45, 7) is 4.43. The summed E-state index contributed by atoms with van der Waals surface area (Å²) in [6, 6.07) is 10.2. The molecule has 5 heteroatoms. The highest BCUT2D eigenvalue weighted by Gasteiger charge is 2.32. The van der Waals surface area contributed by atoms with E-state index in [0.29, 0.717) is 5.56 Å². The van der Waals surface area contributed by atoms with Crippen LogP contribution in [0.1, 0.15) is 48.2 Å². The molecule has 0 bridgehead atoms. The van der Waals surface area contributed by atoms with Gasteiger partial charge in [-0.1, -0.05) is 32.1 Å². The molecule has 0 heterocycles. The Morgan fingerprint density at radius 3 is 2.43 bits per heavy atom. The largest absolute Gasteiger partial charge is 0.497 e. The maximum atomic E-state index is 15.0. The average Bonchev–Trinajstić information content (AvgIpc) is 3.05.